The topological polar surface area (TPSA) is 53.4 Å². The number of aromatic hydroxyl groups is 2. The summed E-state index contributed by atoms with van der Waals surface area (Å²) in [5.41, 5.74) is 4.05. The first kappa shape index (κ1) is 13.6. The number of para-hydroxylation sites is 2. The number of phenols is 2. The first-order valence-corrected chi connectivity index (χ1v) is 7.49. The third-order valence-corrected chi connectivity index (χ3v) is 4.12. The molecular weight excluding hydrogens is 286 g/mol. The minimum Gasteiger partial charge on any atom is -0.504 e. The van der Waals surface area contributed by atoms with Crippen molar-refractivity contribution in [2.75, 3.05) is 0 Å². The number of rotatable bonds is 2. The summed E-state index contributed by atoms with van der Waals surface area (Å²) in [6.45, 7) is 0. The first-order chi connectivity index (χ1) is 11.2. The highest BCUT2D eigenvalue weighted by molar-refractivity contribution is 5.97. The van der Waals surface area contributed by atoms with Crippen LogP contribution in [0.3, 0.4) is 0 Å². The fourth-order valence-electron chi connectivity index (χ4n) is 3.00. The number of pyridine rings is 1. The maximum absolute atomic E-state index is 9.74. The molecule has 0 fully saturated rings. The van der Waals surface area contributed by atoms with Crippen molar-refractivity contribution in [2.24, 2.45) is 0 Å². The molecule has 23 heavy (non-hydrogen) atoms. The molecule has 2 N–H and O–H groups in total. The van der Waals surface area contributed by atoms with Crippen LogP contribution in [-0.4, -0.2) is 15.2 Å². The smallest absolute Gasteiger partial charge is 0.157 e. The van der Waals surface area contributed by atoms with Crippen LogP contribution in [0.25, 0.3) is 21.8 Å². The molecule has 0 spiro atoms. The number of benzene rings is 3. The van der Waals surface area contributed by atoms with E-state index in [9.17, 15) is 10.2 Å². The van der Waals surface area contributed by atoms with Gasteiger partial charge in [-0.05, 0) is 41.8 Å². The van der Waals surface area contributed by atoms with Crippen molar-refractivity contribution in [3.63, 3.8) is 0 Å². The van der Waals surface area contributed by atoms with Crippen LogP contribution in [0.4, 0.5) is 0 Å². The van der Waals surface area contributed by atoms with Crippen molar-refractivity contribution in [3.05, 3.63) is 77.9 Å². The molecule has 3 heteroatoms. The SMILES string of the molecule is Oc1ccc(Cc2c3ccccc3nc3ccccc23)cc1O. The molecule has 0 radical (unpaired) electrons. The van der Waals surface area contributed by atoms with E-state index < -0.39 is 0 Å². The minimum absolute atomic E-state index is 0.0924. The predicted molar refractivity (Wildman–Crippen MR) is 91.8 cm³/mol. The zero-order chi connectivity index (χ0) is 15.8. The summed E-state index contributed by atoms with van der Waals surface area (Å²) in [6.07, 6.45) is 0.664. The summed E-state index contributed by atoms with van der Waals surface area (Å²) in [5, 5.41) is 21.5. The number of hydrogen-bond donors (Lipinski definition) is 2. The lowest BCUT2D eigenvalue weighted by Crippen LogP contribution is -1.94. The molecule has 3 nitrogen and oxygen atoms in total. The van der Waals surface area contributed by atoms with Gasteiger partial charge < -0.3 is 10.2 Å². The number of phenolic OH excluding ortho intramolecular Hbond substituents is 2. The Morgan fingerprint density at radius 2 is 1.30 bits per heavy atom. The highest BCUT2D eigenvalue weighted by Gasteiger charge is 2.10. The fourth-order valence-corrected chi connectivity index (χ4v) is 3.00. The lowest BCUT2D eigenvalue weighted by Gasteiger charge is -2.11. The Balaban J connectivity index is 1.97. The standard InChI is InChI=1S/C20H15NO2/c22-19-10-9-13(12-20(19)23)11-16-14-5-1-3-7-17(14)21-18-8-4-2-6-15(16)18/h1-10,12,22-23H,11H2. The van der Waals surface area contributed by atoms with Crippen molar-refractivity contribution in [2.45, 2.75) is 6.42 Å². The van der Waals surface area contributed by atoms with E-state index in [1.165, 1.54) is 11.6 Å². The Labute approximate surface area is 133 Å². The van der Waals surface area contributed by atoms with Crippen LogP contribution in [0.15, 0.2) is 66.7 Å². The van der Waals surface area contributed by atoms with Gasteiger partial charge in [0.2, 0.25) is 0 Å². The molecule has 1 aromatic heterocycles. The Morgan fingerprint density at radius 3 is 1.91 bits per heavy atom. The van der Waals surface area contributed by atoms with E-state index in [1.807, 2.05) is 42.5 Å². The predicted octanol–water partition coefficient (Wildman–Crippen LogP) is 4.39. The van der Waals surface area contributed by atoms with Gasteiger partial charge in [0.1, 0.15) is 0 Å². The summed E-state index contributed by atoms with van der Waals surface area (Å²) >= 11 is 0. The van der Waals surface area contributed by atoms with E-state index in [4.69, 9.17) is 4.98 Å². The molecule has 1 heterocycles. The second-order valence-corrected chi connectivity index (χ2v) is 5.62. The second kappa shape index (κ2) is 5.29. The van der Waals surface area contributed by atoms with Gasteiger partial charge in [-0.3, -0.25) is 0 Å². The lowest BCUT2D eigenvalue weighted by atomic mass is 9.96. The van der Waals surface area contributed by atoms with Gasteiger partial charge in [-0.25, -0.2) is 4.98 Å². The monoisotopic (exact) mass is 301 g/mol. The van der Waals surface area contributed by atoms with Gasteiger partial charge >= 0.3 is 0 Å². The Hall–Kier alpha value is -3.07. The zero-order valence-electron chi connectivity index (χ0n) is 12.4. The zero-order valence-corrected chi connectivity index (χ0v) is 12.4. The molecule has 0 saturated heterocycles. The summed E-state index contributed by atoms with van der Waals surface area (Å²) in [5.74, 6) is -0.191. The third kappa shape index (κ3) is 2.36. The molecule has 0 bridgehead atoms. The van der Waals surface area contributed by atoms with Crippen LogP contribution >= 0.6 is 0 Å². The van der Waals surface area contributed by atoms with Gasteiger partial charge in [0.05, 0.1) is 11.0 Å². The lowest BCUT2D eigenvalue weighted by molar-refractivity contribution is 0.403. The molecular formula is C20H15NO2. The maximum Gasteiger partial charge on any atom is 0.157 e. The highest BCUT2D eigenvalue weighted by Crippen LogP contribution is 2.31. The minimum atomic E-state index is -0.0989. The maximum atomic E-state index is 9.74. The van der Waals surface area contributed by atoms with Gasteiger partial charge in [-0.1, -0.05) is 42.5 Å². The third-order valence-electron chi connectivity index (χ3n) is 4.12. The Bertz CT molecular complexity index is 970. The molecule has 4 aromatic rings. The van der Waals surface area contributed by atoms with E-state index in [-0.39, 0.29) is 11.5 Å². The molecule has 4 rings (SSSR count). The Morgan fingerprint density at radius 1 is 0.696 bits per heavy atom. The molecule has 3 aromatic carbocycles. The van der Waals surface area contributed by atoms with Crippen LogP contribution < -0.4 is 0 Å². The molecule has 0 aliphatic carbocycles. The van der Waals surface area contributed by atoms with Crippen molar-refractivity contribution >= 4 is 21.8 Å². The second-order valence-electron chi connectivity index (χ2n) is 5.62. The van der Waals surface area contributed by atoms with Crippen LogP contribution in [0.5, 0.6) is 11.5 Å². The number of fused-ring (bicyclic) bond motifs is 2. The van der Waals surface area contributed by atoms with Crippen LogP contribution in [0.1, 0.15) is 11.1 Å². The van der Waals surface area contributed by atoms with Crippen molar-refractivity contribution in [1.82, 2.24) is 4.98 Å². The number of aromatic nitrogens is 1. The van der Waals surface area contributed by atoms with E-state index in [0.29, 0.717) is 6.42 Å². The molecule has 0 atom stereocenters. The quantitative estimate of drug-likeness (QED) is 0.426. The van der Waals surface area contributed by atoms with Gasteiger partial charge in [-0.2, -0.15) is 0 Å². The summed E-state index contributed by atoms with van der Waals surface area (Å²) in [7, 11) is 0. The highest BCUT2D eigenvalue weighted by atomic mass is 16.3. The molecule has 0 amide bonds. The van der Waals surface area contributed by atoms with Gasteiger partial charge in [-0.15, -0.1) is 0 Å². The largest absolute Gasteiger partial charge is 0.504 e. The van der Waals surface area contributed by atoms with Crippen LogP contribution in [-0.2, 0) is 6.42 Å². The molecule has 0 saturated carbocycles. The molecule has 0 unspecified atom stereocenters. The van der Waals surface area contributed by atoms with Crippen LogP contribution in [0, 0.1) is 0 Å². The molecule has 0 aliphatic rings. The number of nitrogens with zero attached hydrogens (tertiary/aromatic N) is 1. The normalized spacial score (nSPS) is 11.1. The van der Waals surface area contributed by atoms with E-state index in [1.54, 1.807) is 6.07 Å². The summed E-state index contributed by atoms with van der Waals surface area (Å²) in [6, 6.07) is 21.1. The molecule has 0 aliphatic heterocycles. The molecule has 112 valence electrons. The average molecular weight is 301 g/mol. The average Bonchev–Trinajstić information content (AvgIpc) is 2.58. The van der Waals surface area contributed by atoms with Crippen molar-refractivity contribution < 1.29 is 10.2 Å². The number of hydrogen-bond acceptors (Lipinski definition) is 3. The van der Waals surface area contributed by atoms with Crippen molar-refractivity contribution in [1.29, 1.82) is 0 Å². The van der Waals surface area contributed by atoms with E-state index >= 15 is 0 Å². The van der Waals surface area contributed by atoms with Gasteiger partial charge in [0, 0.05) is 10.8 Å². The van der Waals surface area contributed by atoms with E-state index in [0.717, 1.165) is 27.4 Å². The fraction of sp³-hybridized carbons (Fsp3) is 0.0500. The first-order valence-electron chi connectivity index (χ1n) is 7.49. The van der Waals surface area contributed by atoms with Crippen LogP contribution in [0.2, 0.25) is 0 Å². The summed E-state index contributed by atoms with van der Waals surface area (Å²) < 4.78 is 0. The summed E-state index contributed by atoms with van der Waals surface area (Å²) in [4.78, 5) is 4.72. The van der Waals surface area contributed by atoms with E-state index in [2.05, 4.69) is 12.1 Å². The van der Waals surface area contributed by atoms with Gasteiger partial charge in [0.25, 0.3) is 0 Å². The van der Waals surface area contributed by atoms with Crippen molar-refractivity contribution in [3.8, 4) is 11.5 Å². The van der Waals surface area contributed by atoms with Gasteiger partial charge in [0.15, 0.2) is 11.5 Å². The Kier molecular flexibility index (Phi) is 3.12.